The van der Waals surface area contributed by atoms with E-state index < -0.39 is 0 Å². The molecule has 0 aliphatic rings. The Bertz CT molecular complexity index is 608. The van der Waals surface area contributed by atoms with Crippen molar-refractivity contribution >= 4 is 10.8 Å². The van der Waals surface area contributed by atoms with Gasteiger partial charge in [-0.1, -0.05) is 12.1 Å². The molecule has 2 rings (SSSR count). The lowest BCUT2D eigenvalue weighted by Crippen LogP contribution is -1.91. The maximum atomic E-state index is 8.76. The molecule has 0 heterocycles. The second kappa shape index (κ2) is 4.20. The Hall–Kier alpha value is -2.72. The molecule has 0 saturated heterocycles. The first-order chi connectivity index (χ1) is 7.85. The van der Waals surface area contributed by atoms with Crippen LogP contribution in [-0.4, -0.2) is 0 Å². The van der Waals surface area contributed by atoms with Crippen LogP contribution in [0.25, 0.3) is 10.8 Å². The molecular formula is C12H6N2O2. The van der Waals surface area contributed by atoms with Gasteiger partial charge in [-0.25, -0.2) is 4.89 Å². The van der Waals surface area contributed by atoms with Crippen molar-refractivity contribution in [3.8, 4) is 18.1 Å². The van der Waals surface area contributed by atoms with Crippen LogP contribution in [0.3, 0.4) is 0 Å². The van der Waals surface area contributed by atoms with Crippen LogP contribution in [-0.2, 0) is 4.89 Å². The molecule has 4 nitrogen and oxygen atoms in total. The Morgan fingerprint density at radius 3 is 2.69 bits per heavy atom. The summed E-state index contributed by atoms with van der Waals surface area (Å²) >= 11 is 0. The molecule has 0 saturated carbocycles. The summed E-state index contributed by atoms with van der Waals surface area (Å²) in [7, 11) is 0. The van der Waals surface area contributed by atoms with Crippen LogP contribution in [0.1, 0.15) is 5.56 Å². The fourth-order valence-electron chi connectivity index (χ4n) is 1.46. The first-order valence-corrected chi connectivity index (χ1v) is 4.50. The molecule has 0 atom stereocenters. The average Bonchev–Trinajstić information content (AvgIpc) is 2.35. The van der Waals surface area contributed by atoms with E-state index in [1.807, 2.05) is 6.07 Å². The molecule has 4 heteroatoms. The van der Waals surface area contributed by atoms with Gasteiger partial charge in [0.05, 0.1) is 11.6 Å². The van der Waals surface area contributed by atoms with Crippen molar-refractivity contribution in [2.45, 2.75) is 0 Å². The minimum absolute atomic E-state index is 0.448. The molecule has 76 valence electrons. The molecule has 0 bridgehead atoms. The van der Waals surface area contributed by atoms with Gasteiger partial charge in [0, 0.05) is 5.39 Å². The summed E-state index contributed by atoms with van der Waals surface area (Å²) in [5, 5.41) is 18.6. The summed E-state index contributed by atoms with van der Waals surface area (Å²) in [6, 6.07) is 12.5. The molecule has 0 aromatic heterocycles. The summed E-state index contributed by atoms with van der Waals surface area (Å²) in [6.07, 6.45) is 1.43. The molecule has 0 amide bonds. The maximum absolute atomic E-state index is 8.76. The summed E-state index contributed by atoms with van der Waals surface area (Å²) in [6.45, 7) is 0. The van der Waals surface area contributed by atoms with Gasteiger partial charge in [0.2, 0.25) is 0 Å². The van der Waals surface area contributed by atoms with E-state index in [0.29, 0.717) is 11.3 Å². The quantitative estimate of drug-likeness (QED) is 0.434. The Labute approximate surface area is 91.8 Å². The lowest BCUT2D eigenvalue weighted by Gasteiger charge is -2.03. The lowest BCUT2D eigenvalue weighted by atomic mass is 10.1. The van der Waals surface area contributed by atoms with Gasteiger partial charge >= 0.3 is 6.26 Å². The van der Waals surface area contributed by atoms with Crippen LogP contribution in [0, 0.1) is 22.8 Å². The number of rotatable bonds is 2. The molecule has 0 fully saturated rings. The van der Waals surface area contributed by atoms with E-state index in [4.69, 9.17) is 15.4 Å². The molecule has 0 radical (unpaired) electrons. The Kier molecular flexibility index (Phi) is 2.58. The third-order valence-corrected chi connectivity index (χ3v) is 2.14. The van der Waals surface area contributed by atoms with Gasteiger partial charge in [-0.3, -0.25) is 4.89 Å². The van der Waals surface area contributed by atoms with Crippen molar-refractivity contribution in [2.24, 2.45) is 0 Å². The SMILES string of the molecule is N#COOc1cccc2cc(C#N)ccc12. The van der Waals surface area contributed by atoms with Crippen molar-refractivity contribution in [3.63, 3.8) is 0 Å². The van der Waals surface area contributed by atoms with Gasteiger partial charge in [0.1, 0.15) is 0 Å². The van der Waals surface area contributed by atoms with Crippen LogP contribution in [0.2, 0.25) is 0 Å². The van der Waals surface area contributed by atoms with Crippen LogP contribution < -0.4 is 4.89 Å². The number of hydrogen-bond donors (Lipinski definition) is 0. The highest BCUT2D eigenvalue weighted by molar-refractivity contribution is 5.89. The Morgan fingerprint density at radius 1 is 1.06 bits per heavy atom. The van der Waals surface area contributed by atoms with Crippen molar-refractivity contribution < 1.29 is 9.78 Å². The highest BCUT2D eigenvalue weighted by atomic mass is 17.2. The number of nitrogens with zero attached hydrogens (tertiary/aromatic N) is 2. The second-order valence-electron chi connectivity index (χ2n) is 3.06. The Morgan fingerprint density at radius 2 is 1.94 bits per heavy atom. The minimum atomic E-state index is 0.448. The fraction of sp³-hybridized carbons (Fsp3) is 0. The smallest absolute Gasteiger partial charge is 0.278 e. The summed E-state index contributed by atoms with van der Waals surface area (Å²) in [4.78, 5) is 9.02. The predicted molar refractivity (Wildman–Crippen MR) is 56.0 cm³/mol. The molecular weight excluding hydrogens is 204 g/mol. The summed E-state index contributed by atoms with van der Waals surface area (Å²) < 4.78 is 0. The van der Waals surface area contributed by atoms with E-state index in [1.54, 1.807) is 30.3 Å². The average molecular weight is 210 g/mol. The molecule has 0 aliphatic carbocycles. The first kappa shape index (κ1) is 9.82. The molecule has 0 spiro atoms. The van der Waals surface area contributed by atoms with Gasteiger partial charge in [0.25, 0.3) is 0 Å². The highest BCUT2D eigenvalue weighted by Crippen LogP contribution is 2.26. The fourth-order valence-corrected chi connectivity index (χ4v) is 1.46. The van der Waals surface area contributed by atoms with Crippen molar-refractivity contribution in [2.75, 3.05) is 0 Å². The number of benzene rings is 2. The maximum Gasteiger partial charge on any atom is 0.338 e. The molecule has 0 unspecified atom stereocenters. The molecule has 2 aromatic rings. The van der Waals surface area contributed by atoms with Crippen LogP contribution in [0.4, 0.5) is 0 Å². The highest BCUT2D eigenvalue weighted by Gasteiger charge is 2.03. The van der Waals surface area contributed by atoms with Crippen LogP contribution in [0.5, 0.6) is 5.75 Å². The van der Waals surface area contributed by atoms with Crippen molar-refractivity contribution in [1.82, 2.24) is 0 Å². The summed E-state index contributed by atoms with van der Waals surface area (Å²) in [5.41, 5.74) is 0.575. The number of hydrogen-bond acceptors (Lipinski definition) is 4. The molecule has 2 aromatic carbocycles. The third-order valence-electron chi connectivity index (χ3n) is 2.14. The second-order valence-corrected chi connectivity index (χ2v) is 3.06. The zero-order valence-electron chi connectivity index (χ0n) is 8.18. The predicted octanol–water partition coefficient (Wildman–Crippen LogP) is 2.50. The largest absolute Gasteiger partial charge is 0.338 e. The first-order valence-electron chi connectivity index (χ1n) is 4.50. The normalized spacial score (nSPS) is 9.12. The third kappa shape index (κ3) is 1.73. The van der Waals surface area contributed by atoms with Crippen LogP contribution >= 0.6 is 0 Å². The van der Waals surface area contributed by atoms with E-state index in [9.17, 15) is 0 Å². The van der Waals surface area contributed by atoms with Gasteiger partial charge in [-0.15, -0.1) is 5.26 Å². The minimum Gasteiger partial charge on any atom is -0.278 e. The molecule has 0 N–H and O–H groups in total. The van der Waals surface area contributed by atoms with E-state index in [2.05, 4.69) is 11.0 Å². The standard InChI is InChI=1S/C12H6N2O2/c13-7-9-4-5-11-10(6-9)2-1-3-12(11)16-15-8-14/h1-6H. The van der Waals surface area contributed by atoms with Gasteiger partial charge < -0.3 is 0 Å². The Balaban J connectivity index is 2.53. The van der Waals surface area contributed by atoms with E-state index in [1.165, 1.54) is 6.26 Å². The van der Waals surface area contributed by atoms with Crippen molar-refractivity contribution in [1.29, 1.82) is 10.5 Å². The van der Waals surface area contributed by atoms with Crippen molar-refractivity contribution in [3.05, 3.63) is 42.0 Å². The number of nitriles is 2. The topological polar surface area (TPSA) is 66.0 Å². The van der Waals surface area contributed by atoms with E-state index >= 15 is 0 Å². The monoisotopic (exact) mass is 210 g/mol. The number of fused-ring (bicyclic) bond motifs is 1. The van der Waals surface area contributed by atoms with E-state index in [0.717, 1.165) is 10.8 Å². The van der Waals surface area contributed by atoms with Gasteiger partial charge in [-0.2, -0.15) is 5.26 Å². The van der Waals surface area contributed by atoms with Gasteiger partial charge in [0.15, 0.2) is 5.75 Å². The zero-order chi connectivity index (χ0) is 11.4. The summed E-state index contributed by atoms with van der Waals surface area (Å²) in [5.74, 6) is 0.448. The molecule has 0 aliphatic heterocycles. The zero-order valence-corrected chi connectivity index (χ0v) is 8.18. The molecule has 16 heavy (non-hydrogen) atoms. The lowest BCUT2D eigenvalue weighted by molar-refractivity contribution is -0.135. The van der Waals surface area contributed by atoms with Gasteiger partial charge in [-0.05, 0) is 29.7 Å². The van der Waals surface area contributed by atoms with Crippen LogP contribution in [0.15, 0.2) is 36.4 Å². The van der Waals surface area contributed by atoms with E-state index in [-0.39, 0.29) is 0 Å².